The number of anilines is 1. The van der Waals surface area contributed by atoms with Crippen molar-refractivity contribution in [3.8, 4) is 0 Å². The van der Waals surface area contributed by atoms with Gasteiger partial charge in [0.25, 0.3) is 5.91 Å². The molecule has 4 rings (SSSR count). The number of carbonyl (C=O) groups excluding carboxylic acids is 2. The maximum absolute atomic E-state index is 12.7. The summed E-state index contributed by atoms with van der Waals surface area (Å²) in [5.74, 6) is -0.496. The Hall–Kier alpha value is -2.75. The van der Waals surface area contributed by atoms with Gasteiger partial charge in [-0.2, -0.15) is 0 Å². The third kappa shape index (κ3) is 4.31. The number of thioether (sulfide) groups is 1. The molecule has 2 amide bonds. The molecule has 0 aliphatic carbocycles. The van der Waals surface area contributed by atoms with Crippen LogP contribution >= 0.6 is 35.6 Å². The highest BCUT2D eigenvalue weighted by Crippen LogP contribution is 2.33. The van der Waals surface area contributed by atoms with E-state index in [4.69, 9.17) is 23.8 Å². The van der Waals surface area contributed by atoms with Crippen LogP contribution in [0.3, 0.4) is 0 Å². The van der Waals surface area contributed by atoms with Crippen LogP contribution in [-0.2, 0) is 9.59 Å². The molecule has 1 fully saturated rings. The van der Waals surface area contributed by atoms with Gasteiger partial charge in [-0.15, -0.1) is 0 Å². The average molecular weight is 445 g/mol. The summed E-state index contributed by atoms with van der Waals surface area (Å²) in [5.41, 5.74) is 2.33. The molecule has 0 spiro atoms. The average Bonchev–Trinajstić information content (AvgIpc) is 3.26. The maximum Gasteiger partial charge on any atom is 0.266 e. The van der Waals surface area contributed by atoms with Gasteiger partial charge < -0.3 is 5.32 Å². The highest BCUT2D eigenvalue weighted by molar-refractivity contribution is 8.26. The molecule has 0 radical (unpaired) electrons. The molecule has 0 bridgehead atoms. The zero-order chi connectivity index (χ0) is 20.4. The molecular weight excluding hydrogens is 432 g/mol. The molecule has 0 saturated carbocycles. The third-order valence-corrected chi connectivity index (χ3v) is 5.76. The largest absolute Gasteiger partial charge is 0.324 e. The summed E-state index contributed by atoms with van der Waals surface area (Å²) in [6.45, 7) is 0.177. The second kappa shape index (κ2) is 8.32. The van der Waals surface area contributed by atoms with Gasteiger partial charge in [-0.05, 0) is 46.2 Å². The third-order valence-electron chi connectivity index (χ3n) is 4.14. The van der Waals surface area contributed by atoms with Gasteiger partial charge in [-0.1, -0.05) is 53.8 Å². The van der Waals surface area contributed by atoms with Gasteiger partial charge in [0.2, 0.25) is 5.91 Å². The molecule has 3 aromatic rings. The molecule has 1 saturated heterocycles. The lowest BCUT2D eigenvalue weighted by atomic mass is 10.2. The number of rotatable bonds is 5. The first-order valence-electron chi connectivity index (χ1n) is 8.53. The molecule has 1 aliphatic heterocycles. The Morgan fingerprint density at radius 1 is 1.28 bits per heavy atom. The van der Waals surface area contributed by atoms with Crippen LogP contribution in [0, 0.1) is 0 Å². The lowest BCUT2D eigenvalue weighted by Gasteiger charge is -2.14. The summed E-state index contributed by atoms with van der Waals surface area (Å²) in [6.07, 6.45) is 1.82. The minimum absolute atomic E-state index is 0.0819. The van der Waals surface area contributed by atoms with Crippen LogP contribution in [0.5, 0.6) is 0 Å². The summed E-state index contributed by atoms with van der Waals surface area (Å²) in [6, 6.07) is 12.4. The monoisotopic (exact) mass is 444 g/mol. The number of amides is 2. The van der Waals surface area contributed by atoms with Gasteiger partial charge in [0.15, 0.2) is 5.52 Å². The number of hydrogen-bond donors (Lipinski definition) is 1. The molecule has 2 heterocycles. The van der Waals surface area contributed by atoms with Crippen LogP contribution in [0.1, 0.15) is 12.0 Å². The van der Waals surface area contributed by atoms with Crippen molar-refractivity contribution in [1.82, 2.24) is 15.2 Å². The second-order valence-electron chi connectivity index (χ2n) is 6.12. The van der Waals surface area contributed by atoms with Crippen molar-refractivity contribution in [2.45, 2.75) is 6.42 Å². The van der Waals surface area contributed by atoms with Gasteiger partial charge in [0.1, 0.15) is 9.84 Å². The Morgan fingerprint density at radius 3 is 2.93 bits per heavy atom. The summed E-state index contributed by atoms with van der Waals surface area (Å²) in [4.78, 5) is 26.9. The smallest absolute Gasteiger partial charge is 0.266 e. The van der Waals surface area contributed by atoms with Gasteiger partial charge in [0, 0.05) is 18.0 Å². The number of hydrogen-bond acceptors (Lipinski definition) is 7. The van der Waals surface area contributed by atoms with E-state index in [1.165, 1.54) is 16.7 Å². The van der Waals surface area contributed by atoms with E-state index in [1.54, 1.807) is 36.4 Å². The van der Waals surface area contributed by atoms with Gasteiger partial charge in [-0.25, -0.2) is 4.63 Å². The van der Waals surface area contributed by atoms with Crippen LogP contribution in [0.4, 0.5) is 5.69 Å². The molecule has 0 atom stereocenters. The maximum atomic E-state index is 12.7. The minimum Gasteiger partial charge on any atom is -0.324 e. The number of carbonyl (C=O) groups is 2. The minimum atomic E-state index is -0.270. The molecule has 29 heavy (non-hydrogen) atoms. The number of fused-ring (bicyclic) bond motifs is 1. The van der Waals surface area contributed by atoms with Crippen LogP contribution in [-0.4, -0.2) is 37.9 Å². The Balaban J connectivity index is 1.40. The Morgan fingerprint density at radius 2 is 2.10 bits per heavy atom. The highest BCUT2D eigenvalue weighted by atomic mass is 35.5. The Bertz CT molecular complexity index is 1160. The lowest BCUT2D eigenvalue weighted by molar-refractivity contribution is -0.122. The first-order chi connectivity index (χ1) is 14.0. The van der Waals surface area contributed by atoms with Crippen LogP contribution < -0.4 is 5.32 Å². The highest BCUT2D eigenvalue weighted by Gasteiger charge is 2.32. The fourth-order valence-corrected chi connectivity index (χ4v) is 4.28. The summed E-state index contributed by atoms with van der Waals surface area (Å²) >= 11 is 12.5. The molecule has 146 valence electrons. The molecule has 0 unspecified atom stereocenters. The number of thiocarbonyl (C=S) groups is 1. The van der Waals surface area contributed by atoms with Gasteiger partial charge in [-0.3, -0.25) is 14.5 Å². The SMILES string of the molecule is O=C(CCN1C(=O)C(=Cc2cccc(Cl)c2)SC1=S)Nc1cccc2nonc12. The first-order valence-corrected chi connectivity index (χ1v) is 10.1. The van der Waals surface area contributed by atoms with Gasteiger partial charge in [0.05, 0.1) is 10.6 Å². The predicted octanol–water partition coefficient (Wildman–Crippen LogP) is 4.11. The van der Waals surface area contributed by atoms with Crippen molar-refractivity contribution in [3.05, 3.63) is 58.0 Å². The van der Waals surface area contributed by atoms with Crippen molar-refractivity contribution in [2.75, 3.05) is 11.9 Å². The van der Waals surface area contributed by atoms with E-state index in [2.05, 4.69) is 20.3 Å². The molecule has 1 N–H and O–H groups in total. The van der Waals surface area contributed by atoms with Crippen molar-refractivity contribution in [2.24, 2.45) is 0 Å². The normalized spacial score (nSPS) is 15.5. The number of benzene rings is 2. The molecule has 1 aliphatic rings. The Labute approximate surface area is 180 Å². The first kappa shape index (κ1) is 19.6. The number of halogens is 1. The molecule has 10 heteroatoms. The number of nitrogens with zero attached hydrogens (tertiary/aromatic N) is 3. The lowest BCUT2D eigenvalue weighted by Crippen LogP contribution is -2.31. The molecule has 2 aromatic carbocycles. The zero-order valence-corrected chi connectivity index (χ0v) is 17.2. The molecular formula is C19H13ClN4O3S2. The summed E-state index contributed by atoms with van der Waals surface area (Å²) in [7, 11) is 0. The Kier molecular flexibility index (Phi) is 5.61. The van der Waals surface area contributed by atoms with E-state index in [-0.39, 0.29) is 24.8 Å². The van der Waals surface area contributed by atoms with Crippen molar-refractivity contribution in [3.63, 3.8) is 0 Å². The molecule has 1 aromatic heterocycles. The number of nitrogens with one attached hydrogen (secondary N) is 1. The second-order valence-corrected chi connectivity index (χ2v) is 8.24. The van der Waals surface area contributed by atoms with Crippen molar-refractivity contribution >= 4 is 74.5 Å². The topological polar surface area (TPSA) is 88.3 Å². The van der Waals surface area contributed by atoms with Gasteiger partial charge >= 0.3 is 0 Å². The predicted molar refractivity (Wildman–Crippen MR) is 116 cm³/mol. The van der Waals surface area contributed by atoms with E-state index in [0.29, 0.717) is 31.0 Å². The van der Waals surface area contributed by atoms with E-state index < -0.39 is 0 Å². The number of aromatic nitrogens is 2. The van der Waals surface area contributed by atoms with E-state index >= 15 is 0 Å². The zero-order valence-electron chi connectivity index (χ0n) is 14.8. The fraction of sp³-hybridized carbons (Fsp3) is 0.105. The van der Waals surface area contributed by atoms with E-state index in [1.807, 2.05) is 12.1 Å². The van der Waals surface area contributed by atoms with Crippen LogP contribution in [0.15, 0.2) is 52.0 Å². The molecule has 7 nitrogen and oxygen atoms in total. The fourth-order valence-electron chi connectivity index (χ4n) is 2.77. The van der Waals surface area contributed by atoms with Crippen molar-refractivity contribution in [1.29, 1.82) is 0 Å². The quantitative estimate of drug-likeness (QED) is 0.468. The van der Waals surface area contributed by atoms with E-state index in [0.717, 1.165) is 5.56 Å². The van der Waals surface area contributed by atoms with Crippen LogP contribution in [0.2, 0.25) is 5.02 Å². The van der Waals surface area contributed by atoms with Crippen LogP contribution in [0.25, 0.3) is 17.1 Å². The van der Waals surface area contributed by atoms with E-state index in [9.17, 15) is 9.59 Å². The summed E-state index contributed by atoms with van der Waals surface area (Å²) in [5, 5.41) is 10.9. The summed E-state index contributed by atoms with van der Waals surface area (Å²) < 4.78 is 5.10. The van der Waals surface area contributed by atoms with Crippen molar-refractivity contribution < 1.29 is 14.2 Å². The standard InChI is InChI=1S/C19H13ClN4O3S2/c20-12-4-1-3-11(9-12)10-15-18(26)24(19(28)29-15)8-7-16(25)21-13-5-2-6-14-17(13)23-27-22-14/h1-6,9-10H,7-8H2,(H,21,25).